The average molecular weight is 262 g/mol. The molecule has 1 aromatic rings. The fraction of sp³-hybridized carbons (Fsp3) is 0.600. The van der Waals surface area contributed by atoms with Crippen LogP contribution in [0.3, 0.4) is 0 Å². The molecular weight excluding hydrogens is 240 g/mol. The topological polar surface area (TPSA) is 42.4 Å². The normalized spacial score (nSPS) is 17.3. The number of rotatable bonds is 2. The van der Waals surface area contributed by atoms with E-state index in [1.807, 2.05) is 33.0 Å². The molecule has 0 radical (unpaired) electrons. The van der Waals surface area contributed by atoms with Gasteiger partial charge in [0.25, 0.3) is 0 Å². The van der Waals surface area contributed by atoms with Crippen molar-refractivity contribution >= 4 is 11.7 Å². The molecule has 1 aromatic heterocycles. The summed E-state index contributed by atoms with van der Waals surface area (Å²) in [5, 5.41) is 0. The highest BCUT2D eigenvalue weighted by molar-refractivity contribution is 5.73. The largest absolute Gasteiger partial charge is 0.460 e. The molecule has 0 aliphatic carbocycles. The zero-order valence-electron chi connectivity index (χ0n) is 11.9. The van der Waals surface area contributed by atoms with Crippen molar-refractivity contribution in [1.82, 2.24) is 4.98 Å². The monoisotopic (exact) mass is 262 g/mol. The molecule has 0 spiro atoms. The number of esters is 1. The standard InChI is InChI=1S/C15H22N2O2/c1-15(2,3)19-14(18)12-6-9-17(10-7-12)13-5-4-8-16-11-13/h4-5,8,11-12H,6-7,9-10H2,1-3H3. The second kappa shape index (κ2) is 5.59. The summed E-state index contributed by atoms with van der Waals surface area (Å²) in [5.74, 6) is -0.0227. The van der Waals surface area contributed by atoms with Gasteiger partial charge in [-0.1, -0.05) is 0 Å². The Bertz CT molecular complexity index is 418. The van der Waals surface area contributed by atoms with Gasteiger partial charge in [0.15, 0.2) is 0 Å². The molecule has 1 saturated heterocycles. The zero-order chi connectivity index (χ0) is 13.9. The fourth-order valence-corrected chi connectivity index (χ4v) is 2.30. The Balaban J connectivity index is 1.88. The Labute approximate surface area is 114 Å². The minimum atomic E-state index is -0.391. The van der Waals surface area contributed by atoms with Gasteiger partial charge >= 0.3 is 5.97 Å². The summed E-state index contributed by atoms with van der Waals surface area (Å²) >= 11 is 0. The van der Waals surface area contributed by atoms with Crippen LogP contribution in [0.5, 0.6) is 0 Å². The lowest BCUT2D eigenvalue weighted by molar-refractivity contribution is -0.160. The number of hydrogen-bond donors (Lipinski definition) is 0. The van der Waals surface area contributed by atoms with Crippen LogP contribution in [0.2, 0.25) is 0 Å². The smallest absolute Gasteiger partial charge is 0.309 e. The first-order valence-electron chi connectivity index (χ1n) is 6.83. The Hall–Kier alpha value is -1.58. The molecule has 104 valence electrons. The van der Waals surface area contributed by atoms with Crippen LogP contribution in [-0.4, -0.2) is 29.6 Å². The highest BCUT2D eigenvalue weighted by Crippen LogP contribution is 2.24. The lowest BCUT2D eigenvalue weighted by atomic mass is 9.96. The Morgan fingerprint density at radius 1 is 1.37 bits per heavy atom. The van der Waals surface area contributed by atoms with Gasteiger partial charge in [0.1, 0.15) is 5.60 Å². The highest BCUT2D eigenvalue weighted by atomic mass is 16.6. The van der Waals surface area contributed by atoms with E-state index < -0.39 is 5.60 Å². The highest BCUT2D eigenvalue weighted by Gasteiger charge is 2.29. The van der Waals surface area contributed by atoms with Crippen LogP contribution in [0, 0.1) is 5.92 Å². The number of piperidine rings is 1. The van der Waals surface area contributed by atoms with Gasteiger partial charge in [-0.05, 0) is 45.7 Å². The van der Waals surface area contributed by atoms with Crippen LogP contribution in [0.4, 0.5) is 5.69 Å². The third-order valence-electron chi connectivity index (χ3n) is 3.25. The van der Waals surface area contributed by atoms with Crippen LogP contribution < -0.4 is 4.90 Å². The van der Waals surface area contributed by atoms with E-state index in [4.69, 9.17) is 4.74 Å². The fourth-order valence-electron chi connectivity index (χ4n) is 2.30. The van der Waals surface area contributed by atoms with E-state index >= 15 is 0 Å². The molecule has 0 saturated carbocycles. The number of pyridine rings is 1. The summed E-state index contributed by atoms with van der Waals surface area (Å²) in [6, 6.07) is 4.00. The summed E-state index contributed by atoms with van der Waals surface area (Å²) in [5.41, 5.74) is 0.738. The summed E-state index contributed by atoms with van der Waals surface area (Å²) in [6.45, 7) is 7.51. The number of carbonyl (C=O) groups excluding carboxylic acids is 1. The molecule has 0 unspecified atom stereocenters. The minimum absolute atomic E-state index is 0.0344. The Morgan fingerprint density at radius 3 is 2.58 bits per heavy atom. The molecular formula is C15H22N2O2. The van der Waals surface area contributed by atoms with Crippen molar-refractivity contribution in [3.05, 3.63) is 24.5 Å². The lowest BCUT2D eigenvalue weighted by Gasteiger charge is -2.33. The second-order valence-electron chi connectivity index (χ2n) is 6.01. The molecule has 1 fully saturated rings. The molecule has 1 aliphatic heterocycles. The predicted molar refractivity (Wildman–Crippen MR) is 75.0 cm³/mol. The van der Waals surface area contributed by atoms with Gasteiger partial charge < -0.3 is 9.64 Å². The average Bonchev–Trinajstić information content (AvgIpc) is 2.38. The summed E-state index contributed by atoms with van der Waals surface area (Å²) in [4.78, 5) is 18.4. The predicted octanol–water partition coefficient (Wildman–Crippen LogP) is 2.64. The maximum atomic E-state index is 12.0. The molecule has 0 amide bonds. The van der Waals surface area contributed by atoms with E-state index in [-0.39, 0.29) is 11.9 Å². The number of nitrogens with zero attached hydrogens (tertiary/aromatic N) is 2. The van der Waals surface area contributed by atoms with Crippen molar-refractivity contribution in [2.24, 2.45) is 5.92 Å². The molecule has 0 bridgehead atoms. The van der Waals surface area contributed by atoms with Crippen LogP contribution in [0.25, 0.3) is 0 Å². The van der Waals surface area contributed by atoms with Gasteiger partial charge in [-0.15, -0.1) is 0 Å². The van der Waals surface area contributed by atoms with E-state index in [9.17, 15) is 4.79 Å². The number of carbonyl (C=O) groups is 1. The maximum Gasteiger partial charge on any atom is 0.309 e. The first kappa shape index (κ1) is 13.8. The van der Waals surface area contributed by atoms with Gasteiger partial charge in [-0.25, -0.2) is 0 Å². The second-order valence-corrected chi connectivity index (χ2v) is 6.01. The van der Waals surface area contributed by atoms with E-state index in [2.05, 4.69) is 16.0 Å². The molecule has 0 aromatic carbocycles. The van der Waals surface area contributed by atoms with E-state index in [0.29, 0.717) is 0 Å². The van der Waals surface area contributed by atoms with E-state index in [0.717, 1.165) is 31.6 Å². The van der Waals surface area contributed by atoms with Crippen molar-refractivity contribution < 1.29 is 9.53 Å². The van der Waals surface area contributed by atoms with E-state index in [1.54, 1.807) is 6.20 Å². The van der Waals surface area contributed by atoms with Crippen molar-refractivity contribution in [3.63, 3.8) is 0 Å². The molecule has 19 heavy (non-hydrogen) atoms. The zero-order valence-corrected chi connectivity index (χ0v) is 11.9. The summed E-state index contributed by atoms with van der Waals surface area (Å²) in [6.07, 6.45) is 5.35. The van der Waals surface area contributed by atoms with Crippen LogP contribution in [-0.2, 0) is 9.53 Å². The van der Waals surface area contributed by atoms with Crippen LogP contribution >= 0.6 is 0 Å². The maximum absolute atomic E-state index is 12.0. The molecule has 0 atom stereocenters. The minimum Gasteiger partial charge on any atom is -0.460 e. The molecule has 2 heterocycles. The third kappa shape index (κ3) is 3.94. The number of anilines is 1. The van der Waals surface area contributed by atoms with Gasteiger partial charge in [0.2, 0.25) is 0 Å². The Kier molecular flexibility index (Phi) is 4.08. The molecule has 4 heteroatoms. The van der Waals surface area contributed by atoms with Crippen molar-refractivity contribution in [2.75, 3.05) is 18.0 Å². The van der Waals surface area contributed by atoms with Crippen molar-refractivity contribution in [1.29, 1.82) is 0 Å². The van der Waals surface area contributed by atoms with Crippen LogP contribution in [0.15, 0.2) is 24.5 Å². The van der Waals surface area contributed by atoms with Gasteiger partial charge in [-0.3, -0.25) is 9.78 Å². The third-order valence-corrected chi connectivity index (χ3v) is 3.25. The number of hydrogen-bond acceptors (Lipinski definition) is 4. The summed E-state index contributed by atoms with van der Waals surface area (Å²) in [7, 11) is 0. The van der Waals surface area contributed by atoms with Crippen molar-refractivity contribution in [3.8, 4) is 0 Å². The summed E-state index contributed by atoms with van der Waals surface area (Å²) < 4.78 is 5.45. The van der Waals surface area contributed by atoms with Gasteiger partial charge in [0.05, 0.1) is 17.8 Å². The Morgan fingerprint density at radius 2 is 2.05 bits per heavy atom. The molecule has 0 N–H and O–H groups in total. The first-order chi connectivity index (χ1) is 8.96. The number of aromatic nitrogens is 1. The SMILES string of the molecule is CC(C)(C)OC(=O)C1CCN(c2cccnc2)CC1. The first-order valence-corrected chi connectivity index (χ1v) is 6.83. The lowest BCUT2D eigenvalue weighted by Crippen LogP contribution is -2.38. The van der Waals surface area contributed by atoms with Gasteiger partial charge in [-0.2, -0.15) is 0 Å². The van der Waals surface area contributed by atoms with E-state index in [1.165, 1.54) is 0 Å². The molecule has 4 nitrogen and oxygen atoms in total. The van der Waals surface area contributed by atoms with Crippen LogP contribution in [0.1, 0.15) is 33.6 Å². The number of ether oxygens (including phenoxy) is 1. The molecule has 2 rings (SSSR count). The molecule has 1 aliphatic rings. The van der Waals surface area contributed by atoms with Crippen molar-refractivity contribution in [2.45, 2.75) is 39.2 Å². The quantitative estimate of drug-likeness (QED) is 0.768. The van der Waals surface area contributed by atoms with Gasteiger partial charge in [0, 0.05) is 19.3 Å².